The van der Waals surface area contributed by atoms with Crippen LogP contribution in [0, 0.1) is 0 Å². The van der Waals surface area contributed by atoms with Crippen molar-refractivity contribution in [3.8, 4) is 0 Å². The summed E-state index contributed by atoms with van der Waals surface area (Å²) in [6.07, 6.45) is 0.763. The van der Waals surface area contributed by atoms with E-state index in [-0.39, 0.29) is 5.78 Å². The number of fused-ring (bicyclic) bond motifs is 2. The molecule has 0 saturated carbocycles. The molecule has 0 spiro atoms. The van der Waals surface area contributed by atoms with Crippen molar-refractivity contribution in [1.29, 1.82) is 0 Å². The van der Waals surface area contributed by atoms with Crippen molar-refractivity contribution in [2.45, 2.75) is 16.7 Å². The first-order valence-electron chi connectivity index (χ1n) is 7.36. The van der Waals surface area contributed by atoms with Gasteiger partial charge in [-0.1, -0.05) is 48.2 Å². The third-order valence-electron chi connectivity index (χ3n) is 4.32. The summed E-state index contributed by atoms with van der Waals surface area (Å²) in [5.41, 5.74) is 4.27. The van der Waals surface area contributed by atoms with Crippen molar-refractivity contribution < 1.29 is 4.79 Å². The Morgan fingerprint density at radius 3 is 2.64 bits per heavy atom. The van der Waals surface area contributed by atoms with Gasteiger partial charge >= 0.3 is 0 Å². The first-order chi connectivity index (χ1) is 10.8. The van der Waals surface area contributed by atoms with Crippen molar-refractivity contribution in [2.24, 2.45) is 0 Å². The Bertz CT molecular complexity index is 838. The standard InChI is InChI=1S/C18H13NOS2/c20-17-12-6-2-1-5-11(12)9-13(17)18-19(16-10-21-16)14-7-3-4-8-15(14)22-18/h1-8,16H,9-10H2/b18-13-. The van der Waals surface area contributed by atoms with E-state index in [2.05, 4.69) is 35.2 Å². The largest absolute Gasteiger partial charge is 0.321 e. The second-order valence-corrected chi connectivity index (χ2v) is 7.92. The lowest BCUT2D eigenvalue weighted by Gasteiger charge is -2.20. The van der Waals surface area contributed by atoms with Crippen LogP contribution < -0.4 is 4.90 Å². The number of thioether (sulfide) groups is 2. The Morgan fingerprint density at radius 1 is 1.05 bits per heavy atom. The van der Waals surface area contributed by atoms with E-state index in [9.17, 15) is 4.79 Å². The molecule has 0 amide bonds. The summed E-state index contributed by atoms with van der Waals surface area (Å²) in [5, 5.41) is 1.65. The number of ketones is 1. The van der Waals surface area contributed by atoms with E-state index in [1.54, 1.807) is 11.8 Å². The Kier molecular flexibility index (Phi) is 2.73. The number of hydrogen-bond acceptors (Lipinski definition) is 4. The quantitative estimate of drug-likeness (QED) is 0.575. The molecule has 1 saturated heterocycles. The van der Waals surface area contributed by atoms with Gasteiger partial charge in [0.15, 0.2) is 5.78 Å². The minimum absolute atomic E-state index is 0.210. The van der Waals surface area contributed by atoms with Crippen LogP contribution in [-0.4, -0.2) is 16.9 Å². The number of allylic oxidation sites excluding steroid dienone is 1. The van der Waals surface area contributed by atoms with Crippen LogP contribution in [-0.2, 0) is 6.42 Å². The fourth-order valence-corrected chi connectivity index (χ4v) is 5.10. The molecule has 0 radical (unpaired) electrons. The molecule has 22 heavy (non-hydrogen) atoms. The third kappa shape index (κ3) is 1.80. The molecule has 2 aromatic rings. The van der Waals surface area contributed by atoms with Crippen molar-refractivity contribution in [1.82, 2.24) is 0 Å². The molecule has 0 N–H and O–H groups in total. The second-order valence-electron chi connectivity index (χ2n) is 5.67. The van der Waals surface area contributed by atoms with Crippen LogP contribution in [0.4, 0.5) is 5.69 Å². The predicted octanol–water partition coefficient (Wildman–Crippen LogP) is 4.32. The molecule has 2 aromatic carbocycles. The zero-order chi connectivity index (χ0) is 14.7. The van der Waals surface area contributed by atoms with Gasteiger partial charge in [-0.2, -0.15) is 0 Å². The molecule has 2 nitrogen and oxygen atoms in total. The fourth-order valence-electron chi connectivity index (χ4n) is 3.19. The summed E-state index contributed by atoms with van der Waals surface area (Å²) < 4.78 is 0. The highest BCUT2D eigenvalue weighted by atomic mass is 32.2. The van der Waals surface area contributed by atoms with Gasteiger partial charge in [-0.3, -0.25) is 4.79 Å². The van der Waals surface area contributed by atoms with Gasteiger partial charge in [-0.15, -0.1) is 11.8 Å². The molecular formula is C18H13NOS2. The highest BCUT2D eigenvalue weighted by molar-refractivity contribution is 8.07. The first-order valence-corrected chi connectivity index (χ1v) is 9.23. The number of nitrogens with zero attached hydrogens (tertiary/aromatic N) is 1. The van der Waals surface area contributed by atoms with Crippen molar-refractivity contribution in [3.63, 3.8) is 0 Å². The van der Waals surface area contributed by atoms with Crippen molar-refractivity contribution >= 4 is 35.0 Å². The number of para-hydroxylation sites is 1. The Hall–Kier alpha value is -1.65. The molecule has 1 aliphatic carbocycles. The Labute approximate surface area is 137 Å². The van der Waals surface area contributed by atoms with Crippen LogP contribution in [0.1, 0.15) is 15.9 Å². The Balaban J connectivity index is 1.66. The summed E-state index contributed by atoms with van der Waals surface area (Å²) in [4.78, 5) is 16.5. The number of carbonyl (C=O) groups is 1. The lowest BCUT2D eigenvalue weighted by molar-refractivity contribution is 0.103. The van der Waals surface area contributed by atoms with E-state index in [1.807, 2.05) is 30.0 Å². The molecule has 2 aliphatic heterocycles. The summed E-state index contributed by atoms with van der Waals surface area (Å²) in [5.74, 6) is 1.36. The van der Waals surface area contributed by atoms with Gasteiger partial charge in [0.05, 0.1) is 16.1 Å². The predicted molar refractivity (Wildman–Crippen MR) is 92.5 cm³/mol. The molecule has 5 rings (SSSR count). The lowest BCUT2D eigenvalue weighted by atomic mass is 10.1. The van der Waals surface area contributed by atoms with Gasteiger partial charge in [-0.25, -0.2) is 0 Å². The minimum atomic E-state index is 0.210. The molecule has 1 fully saturated rings. The molecule has 4 heteroatoms. The third-order valence-corrected chi connectivity index (χ3v) is 6.36. The summed E-state index contributed by atoms with van der Waals surface area (Å²) in [6.45, 7) is 0. The van der Waals surface area contributed by atoms with Gasteiger partial charge in [0.2, 0.25) is 0 Å². The molecule has 3 aliphatic rings. The average Bonchev–Trinajstić information content (AvgIpc) is 3.23. The monoisotopic (exact) mass is 323 g/mol. The van der Waals surface area contributed by atoms with Crippen LogP contribution in [0.25, 0.3) is 0 Å². The number of carbonyl (C=O) groups excluding carboxylic acids is 1. The number of hydrogen-bond donors (Lipinski definition) is 0. The van der Waals surface area contributed by atoms with E-state index >= 15 is 0 Å². The van der Waals surface area contributed by atoms with Gasteiger partial charge < -0.3 is 4.90 Å². The van der Waals surface area contributed by atoms with Crippen LogP contribution in [0.5, 0.6) is 0 Å². The molecule has 1 atom stereocenters. The van der Waals surface area contributed by atoms with Crippen LogP contribution in [0.3, 0.4) is 0 Å². The van der Waals surface area contributed by atoms with Crippen molar-refractivity contribution in [3.05, 3.63) is 70.3 Å². The average molecular weight is 323 g/mol. The highest BCUT2D eigenvalue weighted by Gasteiger charge is 2.41. The van der Waals surface area contributed by atoms with Gasteiger partial charge in [0.25, 0.3) is 0 Å². The number of anilines is 1. The van der Waals surface area contributed by atoms with E-state index < -0.39 is 0 Å². The zero-order valence-electron chi connectivity index (χ0n) is 11.8. The van der Waals surface area contributed by atoms with Gasteiger partial charge in [-0.05, 0) is 17.7 Å². The maximum atomic E-state index is 12.8. The zero-order valence-corrected chi connectivity index (χ0v) is 13.4. The van der Waals surface area contributed by atoms with E-state index in [1.165, 1.54) is 10.6 Å². The van der Waals surface area contributed by atoms with Crippen LogP contribution in [0.2, 0.25) is 0 Å². The number of benzene rings is 2. The van der Waals surface area contributed by atoms with E-state index in [0.29, 0.717) is 5.37 Å². The molecule has 2 heterocycles. The lowest BCUT2D eigenvalue weighted by Crippen LogP contribution is -2.22. The number of rotatable bonds is 1. The van der Waals surface area contributed by atoms with Crippen molar-refractivity contribution in [2.75, 3.05) is 10.7 Å². The SMILES string of the molecule is O=C1/C(=C2\Sc3ccccc3N2C2CS2)Cc2ccccc21. The molecule has 108 valence electrons. The highest BCUT2D eigenvalue weighted by Crippen LogP contribution is 2.54. The summed E-state index contributed by atoms with van der Waals surface area (Å²) in [6, 6.07) is 16.5. The molecule has 0 aromatic heterocycles. The minimum Gasteiger partial charge on any atom is -0.321 e. The number of Topliss-reactive ketones (excluding diaryl/α,β-unsaturated/α-hetero) is 1. The van der Waals surface area contributed by atoms with Gasteiger partial charge in [0, 0.05) is 28.2 Å². The first kappa shape index (κ1) is 12.9. The molecule has 0 bridgehead atoms. The van der Waals surface area contributed by atoms with Crippen LogP contribution >= 0.6 is 23.5 Å². The van der Waals surface area contributed by atoms with Gasteiger partial charge in [0.1, 0.15) is 0 Å². The second kappa shape index (κ2) is 4.67. The van der Waals surface area contributed by atoms with E-state index in [4.69, 9.17) is 0 Å². The van der Waals surface area contributed by atoms with Crippen LogP contribution in [0.15, 0.2) is 64.0 Å². The fraction of sp³-hybridized carbons (Fsp3) is 0.167. The normalized spacial score (nSPS) is 25.4. The Morgan fingerprint density at radius 2 is 1.82 bits per heavy atom. The topological polar surface area (TPSA) is 20.3 Å². The molecule has 1 unspecified atom stereocenters. The maximum absolute atomic E-state index is 12.8. The maximum Gasteiger partial charge on any atom is 0.192 e. The van der Waals surface area contributed by atoms with E-state index in [0.717, 1.165) is 33.9 Å². The smallest absolute Gasteiger partial charge is 0.192 e. The summed E-state index contributed by atoms with van der Waals surface area (Å²) in [7, 11) is 0. The molecular weight excluding hydrogens is 310 g/mol. The summed E-state index contributed by atoms with van der Waals surface area (Å²) >= 11 is 3.70.